The van der Waals surface area contributed by atoms with Gasteiger partial charge in [-0.3, -0.25) is 9.59 Å². The van der Waals surface area contributed by atoms with Crippen molar-refractivity contribution in [3.05, 3.63) is 35.9 Å². The molecule has 7 atom stereocenters. The van der Waals surface area contributed by atoms with E-state index < -0.39 is 34.7 Å². The minimum atomic E-state index is -3.67. The van der Waals surface area contributed by atoms with Crippen LogP contribution >= 0.6 is 0 Å². The molecule has 2 unspecified atom stereocenters. The summed E-state index contributed by atoms with van der Waals surface area (Å²) in [6, 6.07) is 8.26. The van der Waals surface area contributed by atoms with Crippen molar-refractivity contribution in [2.75, 3.05) is 12.8 Å². The van der Waals surface area contributed by atoms with Gasteiger partial charge in [0.1, 0.15) is 11.6 Å². The number of nitrogens with one attached hydrogen (secondary N) is 2. The molecule has 0 radical (unpaired) electrons. The van der Waals surface area contributed by atoms with E-state index in [0.717, 1.165) is 19.1 Å². The van der Waals surface area contributed by atoms with Crippen molar-refractivity contribution in [3.8, 4) is 0 Å². The maximum atomic E-state index is 14.1. The van der Waals surface area contributed by atoms with Gasteiger partial charge < -0.3 is 19.5 Å². The zero-order valence-electron chi connectivity index (χ0n) is 24.8. The van der Waals surface area contributed by atoms with Crippen molar-refractivity contribution in [2.45, 2.75) is 96.5 Å². The number of rotatable bonds is 9. The maximum absolute atomic E-state index is 14.1. The van der Waals surface area contributed by atoms with Gasteiger partial charge in [-0.15, -0.1) is 0 Å². The lowest BCUT2D eigenvalue weighted by molar-refractivity contribution is -0.199. The molecule has 6 rings (SSSR count). The minimum Gasteiger partial charge on any atom is -0.404 e. The molecular weight excluding hydrogens is 529 g/mol. The van der Waals surface area contributed by atoms with Crippen LogP contribution in [-0.2, 0) is 28.9 Å². The SMILES string of the molecule is CC[C@H](NC(=O)[C@H](c1ccccc1)N1CCC(NS(C)(=O)=O)(C(C)C)C1=O)B1OC2C[C@H]3C[C@H](C3(C)C)[C@]2(C)O1. The second-order valence-electron chi connectivity index (χ2n) is 13.4. The van der Waals surface area contributed by atoms with Gasteiger partial charge in [-0.2, -0.15) is 4.72 Å². The predicted molar refractivity (Wildman–Crippen MR) is 153 cm³/mol. The molecule has 2 heterocycles. The van der Waals surface area contributed by atoms with E-state index in [-0.39, 0.29) is 47.8 Å². The molecule has 220 valence electrons. The molecule has 5 aliphatic rings. The van der Waals surface area contributed by atoms with Crippen LogP contribution in [0.5, 0.6) is 0 Å². The summed E-state index contributed by atoms with van der Waals surface area (Å²) in [6.07, 6.45) is 4.03. The zero-order chi connectivity index (χ0) is 29.3. The van der Waals surface area contributed by atoms with Gasteiger partial charge in [-0.1, -0.05) is 65.0 Å². The first-order valence-electron chi connectivity index (χ1n) is 14.6. The third-order valence-corrected chi connectivity index (χ3v) is 11.2. The molecule has 0 aromatic heterocycles. The molecule has 2 aliphatic heterocycles. The van der Waals surface area contributed by atoms with Gasteiger partial charge in [0.05, 0.1) is 23.9 Å². The Bertz CT molecular complexity index is 1260. The quantitative estimate of drug-likeness (QED) is 0.439. The summed E-state index contributed by atoms with van der Waals surface area (Å²) in [5.41, 5.74) is -0.815. The number of hydrogen-bond acceptors (Lipinski definition) is 6. The van der Waals surface area contributed by atoms with Crippen LogP contribution in [0, 0.1) is 23.2 Å². The van der Waals surface area contributed by atoms with E-state index in [2.05, 4.69) is 30.8 Å². The third kappa shape index (κ3) is 4.70. The van der Waals surface area contributed by atoms with E-state index in [9.17, 15) is 18.0 Å². The van der Waals surface area contributed by atoms with Crippen molar-refractivity contribution in [3.63, 3.8) is 0 Å². The first-order valence-corrected chi connectivity index (χ1v) is 16.5. The van der Waals surface area contributed by atoms with Crippen molar-refractivity contribution in [1.82, 2.24) is 14.9 Å². The number of amides is 2. The molecule has 1 aromatic carbocycles. The Hall–Kier alpha value is -1.95. The average Bonchev–Trinajstić information content (AvgIpc) is 3.39. The highest BCUT2D eigenvalue weighted by Gasteiger charge is 2.68. The predicted octanol–water partition coefficient (Wildman–Crippen LogP) is 3.07. The Morgan fingerprint density at radius 1 is 1.18 bits per heavy atom. The van der Waals surface area contributed by atoms with Crippen LogP contribution in [-0.4, -0.2) is 68.2 Å². The molecule has 2 amide bonds. The monoisotopic (exact) mass is 573 g/mol. The molecule has 1 aromatic rings. The Morgan fingerprint density at radius 3 is 2.42 bits per heavy atom. The second-order valence-corrected chi connectivity index (χ2v) is 15.2. The Kier molecular flexibility index (Phi) is 7.46. The largest absolute Gasteiger partial charge is 0.481 e. The summed E-state index contributed by atoms with van der Waals surface area (Å²) in [4.78, 5) is 29.6. The second kappa shape index (κ2) is 10.1. The van der Waals surface area contributed by atoms with Crippen molar-refractivity contribution >= 4 is 29.0 Å². The molecule has 2 N–H and O–H groups in total. The molecule has 40 heavy (non-hydrogen) atoms. The molecule has 3 aliphatic carbocycles. The van der Waals surface area contributed by atoms with Crippen LogP contribution in [0.1, 0.15) is 78.8 Å². The first kappa shape index (κ1) is 29.5. The zero-order valence-corrected chi connectivity index (χ0v) is 25.6. The van der Waals surface area contributed by atoms with Crippen LogP contribution in [0.2, 0.25) is 0 Å². The molecule has 11 heteroatoms. The fourth-order valence-electron chi connectivity index (χ4n) is 7.89. The van der Waals surface area contributed by atoms with Crippen LogP contribution in [0.3, 0.4) is 0 Å². The number of carbonyl (C=O) groups is 2. The fraction of sp³-hybridized carbons (Fsp3) is 0.724. The van der Waals surface area contributed by atoms with E-state index >= 15 is 0 Å². The van der Waals surface area contributed by atoms with Crippen LogP contribution < -0.4 is 10.0 Å². The van der Waals surface area contributed by atoms with E-state index in [0.29, 0.717) is 23.8 Å². The lowest BCUT2D eigenvalue weighted by Crippen LogP contribution is -2.65. The Balaban J connectivity index is 1.39. The van der Waals surface area contributed by atoms with Gasteiger partial charge in [0.2, 0.25) is 21.8 Å². The third-order valence-electron chi connectivity index (χ3n) is 10.5. The highest BCUT2D eigenvalue weighted by Crippen LogP contribution is 2.65. The van der Waals surface area contributed by atoms with Gasteiger partial charge in [-0.05, 0) is 61.3 Å². The lowest BCUT2D eigenvalue weighted by Gasteiger charge is -2.64. The Labute approximate surface area is 239 Å². The summed E-state index contributed by atoms with van der Waals surface area (Å²) in [5.74, 6) is -0.391. The average molecular weight is 574 g/mol. The van der Waals surface area contributed by atoms with Crippen molar-refractivity contribution in [2.24, 2.45) is 23.2 Å². The number of sulfonamides is 1. The van der Waals surface area contributed by atoms with Crippen molar-refractivity contribution in [1.29, 1.82) is 0 Å². The molecule has 5 fully saturated rings. The van der Waals surface area contributed by atoms with E-state index in [1.165, 1.54) is 4.90 Å². The fourth-order valence-corrected chi connectivity index (χ4v) is 8.98. The molecule has 3 saturated carbocycles. The Morgan fingerprint density at radius 2 is 1.85 bits per heavy atom. The molecular formula is C29H44BN3O6S. The highest BCUT2D eigenvalue weighted by molar-refractivity contribution is 7.88. The molecule has 2 bridgehead atoms. The van der Waals surface area contributed by atoms with E-state index in [4.69, 9.17) is 9.31 Å². The van der Waals surface area contributed by atoms with Crippen LogP contribution in [0.15, 0.2) is 30.3 Å². The lowest BCUT2D eigenvalue weighted by atomic mass is 9.43. The minimum absolute atomic E-state index is 0.000896. The summed E-state index contributed by atoms with van der Waals surface area (Å²) in [5, 5.41) is 3.16. The van der Waals surface area contributed by atoms with Crippen LogP contribution in [0.25, 0.3) is 0 Å². The number of benzene rings is 1. The van der Waals surface area contributed by atoms with E-state index in [1.54, 1.807) is 0 Å². The number of carbonyl (C=O) groups excluding carboxylic acids is 2. The first-order chi connectivity index (χ1) is 18.6. The molecule has 2 saturated heterocycles. The smallest absolute Gasteiger partial charge is 0.404 e. The van der Waals surface area contributed by atoms with Gasteiger partial charge in [0, 0.05) is 6.54 Å². The number of likely N-dealkylation sites (tertiary alicyclic amines) is 1. The van der Waals surface area contributed by atoms with Crippen LogP contribution in [0.4, 0.5) is 0 Å². The summed E-state index contributed by atoms with van der Waals surface area (Å²) in [7, 11) is -4.25. The molecule has 9 nitrogen and oxygen atoms in total. The summed E-state index contributed by atoms with van der Waals surface area (Å²) < 4.78 is 40.3. The normalized spacial score (nSPS) is 34.4. The maximum Gasteiger partial charge on any atom is 0.481 e. The van der Waals surface area contributed by atoms with Gasteiger partial charge >= 0.3 is 7.12 Å². The topological polar surface area (TPSA) is 114 Å². The number of hydrogen-bond donors (Lipinski definition) is 2. The van der Waals surface area contributed by atoms with Crippen molar-refractivity contribution < 1.29 is 27.3 Å². The van der Waals surface area contributed by atoms with Gasteiger partial charge in [-0.25, -0.2) is 8.42 Å². The standard InChI is InChI=1S/C29H44BN3O6S/c1-8-23(30-38-22-17-20-16-21(27(20,4)5)28(22,6)39-30)31-25(34)24(19-12-10-9-11-13-19)33-15-14-29(18(2)3,26(33)35)32-40(7,36)37/h9-13,18,20-24,32H,8,14-17H2,1-7H3,(H,31,34)/t20-,21-,22?,23+,24+,28+,29?/m1/s1. The molecule has 0 spiro atoms. The van der Waals surface area contributed by atoms with E-state index in [1.807, 2.05) is 51.1 Å². The summed E-state index contributed by atoms with van der Waals surface area (Å²) in [6.45, 7) is 12.7. The highest BCUT2D eigenvalue weighted by atomic mass is 32.2. The van der Waals surface area contributed by atoms with Gasteiger partial charge in [0.15, 0.2) is 0 Å². The summed E-state index contributed by atoms with van der Waals surface area (Å²) >= 11 is 0. The number of nitrogens with zero attached hydrogens (tertiary/aromatic N) is 1. The van der Waals surface area contributed by atoms with Gasteiger partial charge in [0.25, 0.3) is 0 Å².